The minimum absolute atomic E-state index is 0.0585. The van der Waals surface area contributed by atoms with E-state index in [0.29, 0.717) is 12.8 Å². The van der Waals surface area contributed by atoms with Gasteiger partial charge in [0.1, 0.15) is 0 Å². The van der Waals surface area contributed by atoms with E-state index in [0.717, 1.165) is 18.4 Å². The van der Waals surface area contributed by atoms with Gasteiger partial charge in [0.25, 0.3) is 18.4 Å². The summed E-state index contributed by atoms with van der Waals surface area (Å²) in [6, 6.07) is 28.1. The van der Waals surface area contributed by atoms with Crippen LogP contribution >= 0.6 is 0 Å². The predicted molar refractivity (Wildman–Crippen MR) is 144 cm³/mol. The standard InChI is InChI=1S/C29H36O4SSi/c1-23-15-21-26(22-16-23)34(30,31)32-24-17-19-25(20-18-24)33-35(29(2,3)4,27-11-7-5-8-12-27)28-13-9-6-10-14-28/h5-16,21-22,24-25H,17-20H2,1-4H3. The molecule has 0 heterocycles. The molecule has 0 bridgehead atoms. The Morgan fingerprint density at radius 3 is 1.63 bits per heavy atom. The highest BCUT2D eigenvalue weighted by Crippen LogP contribution is 2.39. The minimum atomic E-state index is -3.77. The third-order valence-corrected chi connectivity index (χ3v) is 13.4. The fourth-order valence-corrected chi connectivity index (χ4v) is 11.0. The van der Waals surface area contributed by atoms with E-state index in [2.05, 4.69) is 69.3 Å². The Bertz CT molecular complexity index is 1160. The van der Waals surface area contributed by atoms with Crippen molar-refractivity contribution in [2.75, 3.05) is 0 Å². The van der Waals surface area contributed by atoms with Crippen molar-refractivity contribution in [3.05, 3.63) is 90.5 Å². The Morgan fingerprint density at radius 1 is 0.714 bits per heavy atom. The van der Waals surface area contributed by atoms with E-state index < -0.39 is 18.4 Å². The molecule has 0 spiro atoms. The third kappa shape index (κ3) is 5.61. The van der Waals surface area contributed by atoms with Crippen LogP contribution in [0.4, 0.5) is 0 Å². The molecule has 3 aromatic rings. The summed E-state index contributed by atoms with van der Waals surface area (Å²) in [6.45, 7) is 8.77. The zero-order valence-electron chi connectivity index (χ0n) is 21.1. The molecule has 0 radical (unpaired) electrons. The molecule has 1 saturated carbocycles. The van der Waals surface area contributed by atoms with Gasteiger partial charge < -0.3 is 4.43 Å². The summed E-state index contributed by atoms with van der Waals surface area (Å²) in [7, 11) is -6.39. The van der Waals surface area contributed by atoms with Crippen molar-refractivity contribution in [3.63, 3.8) is 0 Å². The Balaban J connectivity index is 1.54. The smallest absolute Gasteiger partial charge is 0.297 e. The van der Waals surface area contributed by atoms with Gasteiger partial charge in [-0.25, -0.2) is 0 Å². The molecule has 0 amide bonds. The van der Waals surface area contributed by atoms with Gasteiger partial charge in [0.05, 0.1) is 11.0 Å². The van der Waals surface area contributed by atoms with Crippen molar-refractivity contribution in [1.29, 1.82) is 0 Å². The molecule has 0 aromatic heterocycles. The van der Waals surface area contributed by atoms with Gasteiger partial charge in [0.15, 0.2) is 0 Å². The molecule has 186 valence electrons. The summed E-state index contributed by atoms with van der Waals surface area (Å²) in [6.07, 6.45) is 2.61. The first kappa shape index (κ1) is 25.8. The lowest BCUT2D eigenvalue weighted by Crippen LogP contribution is -2.67. The van der Waals surface area contributed by atoms with E-state index in [1.807, 2.05) is 19.1 Å². The lowest BCUT2D eigenvalue weighted by Gasteiger charge is -2.46. The van der Waals surface area contributed by atoms with Crippen molar-refractivity contribution < 1.29 is 17.0 Å². The molecule has 1 fully saturated rings. The Hall–Kier alpha value is -2.25. The molecule has 0 aliphatic heterocycles. The zero-order chi connectivity index (χ0) is 25.1. The highest BCUT2D eigenvalue weighted by atomic mass is 32.2. The maximum absolute atomic E-state index is 12.8. The minimum Gasteiger partial charge on any atom is -0.404 e. The van der Waals surface area contributed by atoms with Gasteiger partial charge in [0.2, 0.25) is 0 Å². The van der Waals surface area contributed by atoms with Crippen LogP contribution in [0, 0.1) is 6.92 Å². The summed E-state index contributed by atoms with van der Waals surface area (Å²) in [4.78, 5) is 0.216. The maximum Gasteiger partial charge on any atom is 0.297 e. The molecule has 4 rings (SSSR count). The van der Waals surface area contributed by atoms with Crippen molar-refractivity contribution in [2.24, 2.45) is 0 Å². The Kier molecular flexibility index (Phi) is 7.67. The summed E-state index contributed by atoms with van der Waals surface area (Å²) < 4.78 is 38.4. The lowest BCUT2D eigenvalue weighted by molar-refractivity contribution is 0.0783. The summed E-state index contributed by atoms with van der Waals surface area (Å²) in [5.41, 5.74) is 1.02. The van der Waals surface area contributed by atoms with Crippen LogP contribution in [0.5, 0.6) is 0 Å². The van der Waals surface area contributed by atoms with Gasteiger partial charge in [-0.2, -0.15) is 8.42 Å². The van der Waals surface area contributed by atoms with E-state index in [1.165, 1.54) is 10.4 Å². The Morgan fingerprint density at radius 2 is 1.17 bits per heavy atom. The van der Waals surface area contributed by atoms with Gasteiger partial charge in [-0.1, -0.05) is 99.1 Å². The topological polar surface area (TPSA) is 52.6 Å². The first-order valence-corrected chi connectivity index (χ1v) is 15.7. The monoisotopic (exact) mass is 508 g/mol. The van der Waals surface area contributed by atoms with E-state index >= 15 is 0 Å². The SMILES string of the molecule is Cc1ccc(S(=O)(=O)OC2CCC(O[Si](c3ccccc3)(c3ccccc3)C(C)(C)C)CC2)cc1. The average molecular weight is 509 g/mol. The molecule has 0 saturated heterocycles. The van der Waals surface area contributed by atoms with Crippen LogP contribution in [0.15, 0.2) is 89.8 Å². The fourth-order valence-electron chi connectivity index (χ4n) is 5.13. The largest absolute Gasteiger partial charge is 0.404 e. The van der Waals surface area contributed by atoms with E-state index in [4.69, 9.17) is 8.61 Å². The van der Waals surface area contributed by atoms with Gasteiger partial charge >= 0.3 is 0 Å². The van der Waals surface area contributed by atoms with Crippen molar-refractivity contribution >= 4 is 28.8 Å². The van der Waals surface area contributed by atoms with Gasteiger partial charge in [0, 0.05) is 6.10 Å². The Labute approximate surface area is 211 Å². The molecule has 0 atom stereocenters. The summed E-state index contributed by atoms with van der Waals surface area (Å²) >= 11 is 0. The summed E-state index contributed by atoms with van der Waals surface area (Å²) in [5.74, 6) is 0. The maximum atomic E-state index is 12.8. The molecule has 1 aliphatic rings. The van der Waals surface area contributed by atoms with Crippen molar-refractivity contribution in [3.8, 4) is 0 Å². The molecule has 6 heteroatoms. The second-order valence-corrected chi connectivity index (χ2v) is 16.4. The van der Waals surface area contributed by atoms with Crippen LogP contribution in [-0.2, 0) is 18.7 Å². The predicted octanol–water partition coefficient (Wildman–Crippen LogP) is 5.59. The van der Waals surface area contributed by atoms with E-state index in [9.17, 15) is 8.42 Å². The first-order chi connectivity index (χ1) is 16.6. The van der Waals surface area contributed by atoms with Gasteiger partial charge in [-0.05, 0) is 60.2 Å². The van der Waals surface area contributed by atoms with Crippen LogP contribution in [0.25, 0.3) is 0 Å². The molecule has 4 nitrogen and oxygen atoms in total. The first-order valence-electron chi connectivity index (χ1n) is 12.4. The molecular weight excluding hydrogens is 472 g/mol. The van der Waals surface area contributed by atoms with E-state index in [1.54, 1.807) is 24.3 Å². The second kappa shape index (κ2) is 10.4. The third-order valence-electron chi connectivity index (χ3n) is 6.95. The highest BCUT2D eigenvalue weighted by Gasteiger charge is 2.51. The van der Waals surface area contributed by atoms with Crippen molar-refractivity contribution in [1.82, 2.24) is 0 Å². The average Bonchev–Trinajstić information content (AvgIpc) is 2.84. The lowest BCUT2D eigenvalue weighted by atomic mass is 9.95. The van der Waals surface area contributed by atoms with Gasteiger partial charge in [-0.15, -0.1) is 0 Å². The molecular formula is C29H36O4SSi. The second-order valence-electron chi connectivity index (χ2n) is 10.5. The van der Waals surface area contributed by atoms with Crippen LogP contribution in [0.3, 0.4) is 0 Å². The molecule has 0 N–H and O–H groups in total. The van der Waals surface area contributed by atoms with Crippen LogP contribution in [-0.4, -0.2) is 28.9 Å². The number of aryl methyl sites for hydroxylation is 1. The molecule has 3 aromatic carbocycles. The van der Waals surface area contributed by atoms with E-state index in [-0.39, 0.29) is 22.1 Å². The summed E-state index contributed by atoms with van der Waals surface area (Å²) in [5, 5.41) is 2.44. The normalized spacial score (nSPS) is 19.4. The molecule has 1 aliphatic carbocycles. The van der Waals surface area contributed by atoms with Crippen LogP contribution in [0.2, 0.25) is 5.04 Å². The number of hydrogen-bond donors (Lipinski definition) is 0. The van der Waals surface area contributed by atoms with Crippen LogP contribution < -0.4 is 10.4 Å². The highest BCUT2D eigenvalue weighted by molar-refractivity contribution is 7.86. The molecule has 0 unspecified atom stereocenters. The number of benzene rings is 3. The quantitative estimate of drug-likeness (QED) is 0.308. The number of hydrogen-bond acceptors (Lipinski definition) is 4. The van der Waals surface area contributed by atoms with Crippen molar-refractivity contribution in [2.45, 2.75) is 75.5 Å². The number of rotatable bonds is 7. The fraction of sp³-hybridized carbons (Fsp3) is 0.379. The van der Waals surface area contributed by atoms with Crippen LogP contribution in [0.1, 0.15) is 52.0 Å². The van der Waals surface area contributed by atoms with Gasteiger partial charge in [-0.3, -0.25) is 4.18 Å². The zero-order valence-corrected chi connectivity index (χ0v) is 22.9. The molecule has 35 heavy (non-hydrogen) atoms.